The number of hydrogen-bond acceptors (Lipinski definition) is 4. The van der Waals surface area contributed by atoms with E-state index >= 15 is 0 Å². The van der Waals surface area contributed by atoms with Crippen LogP contribution in [0.4, 0.5) is 5.88 Å². The molecule has 0 radical (unpaired) electrons. The summed E-state index contributed by atoms with van der Waals surface area (Å²) in [5.74, 6) is 1.16. The van der Waals surface area contributed by atoms with Gasteiger partial charge in [-0.2, -0.15) is 0 Å². The van der Waals surface area contributed by atoms with Gasteiger partial charge in [0.1, 0.15) is 5.69 Å². The van der Waals surface area contributed by atoms with Crippen LogP contribution in [0, 0.1) is 6.92 Å². The van der Waals surface area contributed by atoms with Crippen molar-refractivity contribution in [3.05, 3.63) is 29.3 Å². The van der Waals surface area contributed by atoms with Crippen LogP contribution in [0.25, 0.3) is 16.8 Å². The molecule has 3 nitrogen and oxygen atoms in total. The molecule has 0 saturated heterocycles. The van der Waals surface area contributed by atoms with Crippen molar-refractivity contribution in [2.24, 2.45) is 4.99 Å². The zero-order valence-corrected chi connectivity index (χ0v) is 11.7. The van der Waals surface area contributed by atoms with E-state index in [0.29, 0.717) is 17.5 Å². The predicted octanol–water partition coefficient (Wildman–Crippen LogP) is 4.86. The molecule has 0 amide bonds. The van der Waals surface area contributed by atoms with Gasteiger partial charge in [0.2, 0.25) is 11.8 Å². The predicted molar refractivity (Wildman–Crippen MR) is 77.7 cm³/mol. The highest BCUT2D eigenvalue weighted by atomic mass is 32.1. The molecule has 94 valence electrons. The Kier molecular flexibility index (Phi) is 3.77. The Morgan fingerprint density at radius 3 is 2.89 bits per heavy atom. The van der Waals surface area contributed by atoms with Crippen molar-refractivity contribution in [3.8, 4) is 10.8 Å². The molecule has 0 atom stereocenters. The number of oxazole rings is 1. The number of rotatable bonds is 4. The second-order valence-electron chi connectivity index (χ2n) is 4.02. The number of thiophene rings is 1. The fourth-order valence-corrected chi connectivity index (χ4v) is 2.24. The minimum absolute atomic E-state index is 0.547. The quantitative estimate of drug-likeness (QED) is 0.736. The largest absolute Gasteiger partial charge is 0.417 e. The molecule has 0 aliphatic rings. The van der Waals surface area contributed by atoms with Gasteiger partial charge in [-0.1, -0.05) is 13.5 Å². The minimum Gasteiger partial charge on any atom is -0.417 e. The van der Waals surface area contributed by atoms with E-state index in [9.17, 15) is 0 Å². The van der Waals surface area contributed by atoms with Gasteiger partial charge >= 0.3 is 0 Å². The van der Waals surface area contributed by atoms with E-state index in [0.717, 1.165) is 17.0 Å². The molecule has 0 aliphatic carbocycles. The number of aliphatic imine (C=N–C) groups is 1. The Morgan fingerprint density at radius 1 is 1.56 bits per heavy atom. The van der Waals surface area contributed by atoms with E-state index in [1.54, 1.807) is 17.4 Å². The van der Waals surface area contributed by atoms with Gasteiger partial charge in [0.05, 0.1) is 4.88 Å². The van der Waals surface area contributed by atoms with Gasteiger partial charge in [-0.3, -0.25) is 0 Å². The smallest absolute Gasteiger partial charge is 0.247 e. The fraction of sp³-hybridized carbons (Fsp3) is 0.286. The maximum Gasteiger partial charge on any atom is 0.247 e. The lowest BCUT2D eigenvalue weighted by Crippen LogP contribution is -1.85. The van der Waals surface area contributed by atoms with Crippen LogP contribution in [0.2, 0.25) is 0 Å². The number of nitrogens with zero attached hydrogens (tertiary/aromatic N) is 2. The van der Waals surface area contributed by atoms with Crippen LogP contribution in [0.15, 0.2) is 28.1 Å². The lowest BCUT2D eigenvalue weighted by molar-refractivity contribution is 0.585. The molecule has 4 heteroatoms. The summed E-state index contributed by atoms with van der Waals surface area (Å²) < 4.78 is 5.72. The highest BCUT2D eigenvalue weighted by Crippen LogP contribution is 2.32. The van der Waals surface area contributed by atoms with Crippen LogP contribution in [0.1, 0.15) is 30.8 Å². The van der Waals surface area contributed by atoms with Crippen LogP contribution < -0.4 is 0 Å². The van der Waals surface area contributed by atoms with Crippen LogP contribution >= 0.6 is 11.3 Å². The SMILES string of the molecule is C=Cc1nc(-c2ccc(C)s2)oc1N=C(C)CC. The molecule has 2 heterocycles. The summed E-state index contributed by atoms with van der Waals surface area (Å²) in [5, 5.41) is 0. The van der Waals surface area contributed by atoms with E-state index in [4.69, 9.17) is 4.42 Å². The monoisotopic (exact) mass is 260 g/mol. The standard InChI is InChI=1S/C14H16N2OS/c1-5-9(3)15-13-11(6-2)16-14(17-13)12-8-7-10(4)18-12/h6-8H,2,5H2,1,3-4H3. The van der Waals surface area contributed by atoms with E-state index in [-0.39, 0.29) is 0 Å². The third-order valence-electron chi connectivity index (χ3n) is 2.58. The van der Waals surface area contributed by atoms with Crippen molar-refractivity contribution in [2.75, 3.05) is 0 Å². The molecule has 18 heavy (non-hydrogen) atoms. The first kappa shape index (κ1) is 12.8. The van der Waals surface area contributed by atoms with Crippen molar-refractivity contribution in [1.82, 2.24) is 4.98 Å². The molecule has 2 aromatic rings. The van der Waals surface area contributed by atoms with Gasteiger partial charge < -0.3 is 4.42 Å². The molecule has 2 aromatic heterocycles. The molecule has 0 N–H and O–H groups in total. The zero-order valence-electron chi connectivity index (χ0n) is 10.9. The molecular weight excluding hydrogens is 244 g/mol. The Balaban J connectivity index is 2.44. The summed E-state index contributed by atoms with van der Waals surface area (Å²) in [5.41, 5.74) is 1.71. The van der Waals surface area contributed by atoms with Gasteiger partial charge in [0.25, 0.3) is 0 Å². The fourth-order valence-electron chi connectivity index (χ4n) is 1.44. The highest BCUT2D eigenvalue weighted by molar-refractivity contribution is 7.15. The number of aromatic nitrogens is 1. The van der Waals surface area contributed by atoms with E-state index < -0.39 is 0 Å². The van der Waals surface area contributed by atoms with E-state index in [2.05, 4.69) is 36.5 Å². The van der Waals surface area contributed by atoms with Crippen molar-refractivity contribution in [3.63, 3.8) is 0 Å². The first-order chi connectivity index (χ1) is 8.63. The second-order valence-corrected chi connectivity index (χ2v) is 5.31. The van der Waals surface area contributed by atoms with E-state index in [1.807, 2.05) is 13.0 Å². The third kappa shape index (κ3) is 2.59. The molecule has 2 rings (SSSR count). The average Bonchev–Trinajstić information content (AvgIpc) is 2.95. The summed E-state index contributed by atoms with van der Waals surface area (Å²) >= 11 is 1.66. The Labute approximate surface area is 111 Å². The Bertz CT molecular complexity index is 593. The lowest BCUT2D eigenvalue weighted by Gasteiger charge is -1.92. The third-order valence-corrected chi connectivity index (χ3v) is 3.57. The zero-order chi connectivity index (χ0) is 13.1. The Morgan fingerprint density at radius 2 is 2.33 bits per heavy atom. The summed E-state index contributed by atoms with van der Waals surface area (Å²) in [7, 11) is 0. The topological polar surface area (TPSA) is 38.4 Å². The maximum absolute atomic E-state index is 5.72. The molecule has 0 aliphatic heterocycles. The normalized spacial score (nSPS) is 11.8. The Hall–Kier alpha value is -1.68. The molecule has 0 bridgehead atoms. The summed E-state index contributed by atoms with van der Waals surface area (Å²) in [6.07, 6.45) is 2.57. The minimum atomic E-state index is 0.547. The average molecular weight is 260 g/mol. The number of aryl methyl sites for hydroxylation is 1. The molecule has 0 fully saturated rings. The van der Waals surface area contributed by atoms with Gasteiger partial charge in [-0.05, 0) is 38.5 Å². The van der Waals surface area contributed by atoms with Crippen molar-refractivity contribution < 1.29 is 4.42 Å². The molecule has 0 saturated carbocycles. The van der Waals surface area contributed by atoms with Crippen LogP contribution in [0.3, 0.4) is 0 Å². The van der Waals surface area contributed by atoms with E-state index in [1.165, 1.54) is 4.88 Å². The number of hydrogen-bond donors (Lipinski definition) is 0. The van der Waals surface area contributed by atoms with Crippen molar-refractivity contribution in [2.45, 2.75) is 27.2 Å². The second kappa shape index (κ2) is 5.31. The van der Waals surface area contributed by atoms with Crippen LogP contribution in [-0.4, -0.2) is 10.7 Å². The first-order valence-electron chi connectivity index (χ1n) is 5.88. The maximum atomic E-state index is 5.72. The van der Waals surface area contributed by atoms with Gasteiger partial charge in [-0.25, -0.2) is 9.98 Å². The lowest BCUT2D eigenvalue weighted by atomic mass is 10.3. The first-order valence-corrected chi connectivity index (χ1v) is 6.70. The molecule has 0 spiro atoms. The van der Waals surface area contributed by atoms with Gasteiger partial charge in [0.15, 0.2) is 0 Å². The molecule has 0 aromatic carbocycles. The van der Waals surface area contributed by atoms with Crippen molar-refractivity contribution >= 4 is 29.0 Å². The van der Waals surface area contributed by atoms with Gasteiger partial charge in [-0.15, -0.1) is 11.3 Å². The summed E-state index contributed by atoms with van der Waals surface area (Å²) in [4.78, 5) is 11.1. The highest BCUT2D eigenvalue weighted by Gasteiger charge is 2.13. The van der Waals surface area contributed by atoms with Crippen LogP contribution in [0.5, 0.6) is 0 Å². The molecular formula is C14H16N2OS. The summed E-state index contributed by atoms with van der Waals surface area (Å²) in [6, 6.07) is 4.07. The van der Waals surface area contributed by atoms with Crippen molar-refractivity contribution in [1.29, 1.82) is 0 Å². The van der Waals surface area contributed by atoms with Crippen LogP contribution in [-0.2, 0) is 0 Å². The summed E-state index contributed by atoms with van der Waals surface area (Å²) in [6.45, 7) is 9.85. The van der Waals surface area contributed by atoms with Gasteiger partial charge in [0, 0.05) is 10.6 Å². The molecule has 0 unspecified atom stereocenters.